The fraction of sp³-hybridized carbons (Fsp3) is 0.150. The fourth-order valence-corrected chi connectivity index (χ4v) is 4.96. The van der Waals surface area contributed by atoms with E-state index >= 15 is 0 Å². The number of quaternary nitrogens is 1. The van der Waals surface area contributed by atoms with Gasteiger partial charge in [0, 0.05) is 23.1 Å². The number of hydrogen-bond acceptors (Lipinski definition) is 6. The molecule has 0 radical (unpaired) electrons. The summed E-state index contributed by atoms with van der Waals surface area (Å²) >= 11 is 1.11. The van der Waals surface area contributed by atoms with Gasteiger partial charge in [0.1, 0.15) is 21.8 Å². The minimum absolute atomic E-state index is 0.0387. The number of aromatic nitrogens is 3. The van der Waals surface area contributed by atoms with E-state index in [1.807, 2.05) is 37.3 Å². The van der Waals surface area contributed by atoms with Crippen LogP contribution in [0.5, 0.6) is 0 Å². The quantitative estimate of drug-likeness (QED) is 0.349. The van der Waals surface area contributed by atoms with Crippen molar-refractivity contribution in [2.24, 2.45) is 0 Å². The Balaban J connectivity index is 1.58. The molecule has 0 fully saturated rings. The van der Waals surface area contributed by atoms with Gasteiger partial charge in [0.15, 0.2) is 0 Å². The van der Waals surface area contributed by atoms with E-state index in [-0.39, 0.29) is 6.04 Å². The van der Waals surface area contributed by atoms with E-state index in [0.29, 0.717) is 5.69 Å². The van der Waals surface area contributed by atoms with E-state index in [4.69, 9.17) is 9.54 Å². The predicted octanol–water partition coefficient (Wildman–Crippen LogP) is 3.70. The van der Waals surface area contributed by atoms with Crippen LogP contribution >= 0.6 is 22.7 Å². The van der Waals surface area contributed by atoms with Crippen molar-refractivity contribution in [3.63, 3.8) is 0 Å². The molecule has 0 saturated heterocycles. The smallest absolute Gasteiger partial charge is 0.289 e. The Kier molecular flexibility index (Phi) is 6.60. The lowest BCUT2D eigenvalue weighted by Gasteiger charge is -2.12. The molecule has 0 amide bonds. The number of benzene rings is 2. The molecular formula is C20H20N5O2S3+. The Morgan fingerprint density at radius 2 is 1.90 bits per heavy atom. The van der Waals surface area contributed by atoms with Gasteiger partial charge in [-0.15, -0.1) is 16.4 Å². The van der Waals surface area contributed by atoms with Crippen molar-refractivity contribution in [2.45, 2.75) is 19.4 Å². The summed E-state index contributed by atoms with van der Waals surface area (Å²) in [6.07, 6.45) is 0.735. The minimum Gasteiger partial charge on any atom is -0.289 e. The van der Waals surface area contributed by atoms with Crippen molar-refractivity contribution in [3.05, 3.63) is 76.2 Å². The summed E-state index contributed by atoms with van der Waals surface area (Å²) in [5.41, 5.74) is 3.79. The molecule has 2 atom stereocenters. The first-order valence-corrected chi connectivity index (χ1v) is 12.0. The van der Waals surface area contributed by atoms with Gasteiger partial charge in [-0.05, 0) is 36.0 Å². The molecule has 2 aromatic carbocycles. The highest BCUT2D eigenvalue weighted by Crippen LogP contribution is 2.27. The third kappa shape index (κ3) is 5.35. The summed E-state index contributed by atoms with van der Waals surface area (Å²) in [4.78, 5) is 4.89. The number of rotatable bonds is 8. The molecule has 0 bridgehead atoms. The van der Waals surface area contributed by atoms with E-state index in [1.165, 1.54) is 0 Å². The standard InChI is InChI=1S/C20H19N5O2S3/c1-13-23-24-20(29-13)22-17(11-14-7-9-16(10-8-14)25-30(26)27)18-12-28-19(21-18)15-5-3-2-4-6-15/h2-10,12,17,25H,11H2,1H3,(H,22,24)(H,26,27)/p+1. The highest BCUT2D eigenvalue weighted by molar-refractivity contribution is 7.80. The molecule has 30 heavy (non-hydrogen) atoms. The number of anilines is 1. The van der Waals surface area contributed by atoms with Gasteiger partial charge in [0.25, 0.3) is 11.3 Å². The third-order valence-corrected chi connectivity index (χ3v) is 6.55. The maximum Gasteiger partial charge on any atom is 0.303 e. The predicted molar refractivity (Wildman–Crippen MR) is 121 cm³/mol. The van der Waals surface area contributed by atoms with E-state index in [9.17, 15) is 4.21 Å². The summed E-state index contributed by atoms with van der Waals surface area (Å²) in [6, 6.07) is 17.7. The lowest BCUT2D eigenvalue weighted by atomic mass is 10.0. The van der Waals surface area contributed by atoms with Gasteiger partial charge in [-0.25, -0.2) is 9.19 Å². The Morgan fingerprint density at radius 3 is 2.57 bits per heavy atom. The zero-order chi connectivity index (χ0) is 20.9. The molecule has 0 aliphatic rings. The molecule has 2 unspecified atom stereocenters. The van der Waals surface area contributed by atoms with Crippen LogP contribution in [0.15, 0.2) is 60.0 Å². The number of thiazole rings is 1. The zero-order valence-electron chi connectivity index (χ0n) is 16.1. The highest BCUT2D eigenvalue weighted by atomic mass is 32.2. The average molecular weight is 459 g/mol. The molecule has 10 heteroatoms. The maximum atomic E-state index is 10.9. The van der Waals surface area contributed by atoms with E-state index in [0.717, 1.165) is 38.4 Å². The average Bonchev–Trinajstić information content (AvgIpc) is 3.38. The Bertz CT molecular complexity index is 1130. The van der Waals surface area contributed by atoms with E-state index in [2.05, 4.69) is 37.7 Å². The van der Waals surface area contributed by atoms with Crippen molar-refractivity contribution in [3.8, 4) is 10.6 Å². The second-order valence-electron chi connectivity index (χ2n) is 6.63. The van der Waals surface area contributed by atoms with Crippen LogP contribution in [0, 0.1) is 6.92 Å². The molecule has 2 heterocycles. The first kappa shape index (κ1) is 20.8. The minimum atomic E-state index is -2.08. The maximum absolute atomic E-state index is 10.9. The van der Waals surface area contributed by atoms with Crippen LogP contribution in [-0.2, 0) is 17.7 Å². The Labute approximate surface area is 184 Å². The van der Waals surface area contributed by atoms with Gasteiger partial charge in [0.05, 0.1) is 0 Å². The molecule has 4 aromatic rings. The summed E-state index contributed by atoms with van der Waals surface area (Å²) in [5.74, 6) is 0. The van der Waals surface area contributed by atoms with Crippen LogP contribution in [0.4, 0.5) is 10.8 Å². The number of nitrogens with zero attached hydrogens (tertiary/aromatic N) is 3. The molecule has 2 aromatic heterocycles. The first-order valence-electron chi connectivity index (χ1n) is 9.19. The van der Waals surface area contributed by atoms with Gasteiger partial charge in [-0.1, -0.05) is 47.6 Å². The van der Waals surface area contributed by atoms with Crippen molar-refractivity contribution in [2.75, 3.05) is 4.72 Å². The lowest BCUT2D eigenvalue weighted by molar-refractivity contribution is -0.618. The SMILES string of the molecule is Cc1nnc([NH2+]C(Cc2ccc(NS(=O)O)cc2)c2csc(-c3ccccc3)n2)s1. The largest absolute Gasteiger partial charge is 0.303 e. The molecule has 4 N–H and O–H groups in total. The second-order valence-corrected chi connectivity index (χ2v) is 9.40. The van der Waals surface area contributed by atoms with Gasteiger partial charge in [-0.3, -0.25) is 14.6 Å². The van der Waals surface area contributed by atoms with E-state index < -0.39 is 11.3 Å². The fourth-order valence-electron chi connectivity index (χ4n) is 3.03. The zero-order valence-corrected chi connectivity index (χ0v) is 18.5. The number of nitrogens with two attached hydrogens (primary N) is 1. The van der Waals surface area contributed by atoms with Gasteiger partial charge in [0.2, 0.25) is 0 Å². The van der Waals surface area contributed by atoms with Crippen LogP contribution in [-0.4, -0.2) is 23.9 Å². The Morgan fingerprint density at radius 1 is 1.13 bits per heavy atom. The highest BCUT2D eigenvalue weighted by Gasteiger charge is 2.22. The van der Waals surface area contributed by atoms with E-state index in [1.54, 1.807) is 34.8 Å². The van der Waals surface area contributed by atoms with Crippen molar-refractivity contribution in [1.29, 1.82) is 0 Å². The number of nitrogens with one attached hydrogen (secondary N) is 1. The molecule has 0 spiro atoms. The van der Waals surface area contributed by atoms with Crippen LogP contribution in [0.25, 0.3) is 10.6 Å². The summed E-state index contributed by atoms with van der Waals surface area (Å²) in [7, 11) is 0. The van der Waals surface area contributed by atoms with Crippen molar-refractivity contribution < 1.29 is 14.1 Å². The summed E-state index contributed by atoms with van der Waals surface area (Å²) < 4.78 is 22.4. The van der Waals surface area contributed by atoms with Crippen molar-refractivity contribution in [1.82, 2.24) is 15.2 Å². The summed E-state index contributed by atoms with van der Waals surface area (Å²) in [6.45, 7) is 1.94. The summed E-state index contributed by atoms with van der Waals surface area (Å²) in [5, 5.41) is 15.4. The molecule has 154 valence electrons. The normalized spacial score (nSPS) is 13.1. The molecular weight excluding hydrogens is 438 g/mol. The molecule has 7 nitrogen and oxygen atoms in total. The second kappa shape index (κ2) is 9.54. The van der Waals surface area contributed by atoms with Crippen molar-refractivity contribution >= 4 is 44.8 Å². The lowest BCUT2D eigenvalue weighted by Crippen LogP contribution is -2.80. The van der Waals surface area contributed by atoms with Crippen LogP contribution in [0.1, 0.15) is 22.3 Å². The van der Waals surface area contributed by atoms with Gasteiger partial charge in [-0.2, -0.15) is 0 Å². The number of hydrogen-bond donors (Lipinski definition) is 3. The van der Waals surface area contributed by atoms with Crippen LogP contribution < -0.4 is 10.0 Å². The molecule has 0 aliphatic carbocycles. The van der Waals surface area contributed by atoms with Gasteiger partial charge < -0.3 is 0 Å². The first-order chi connectivity index (χ1) is 14.6. The van der Waals surface area contributed by atoms with Gasteiger partial charge >= 0.3 is 5.13 Å². The van der Waals surface area contributed by atoms with Crippen LogP contribution in [0.2, 0.25) is 0 Å². The third-order valence-electron chi connectivity index (χ3n) is 4.42. The Hall–Kier alpha value is -2.50. The monoisotopic (exact) mass is 458 g/mol. The molecule has 0 saturated carbocycles. The number of aryl methyl sites for hydroxylation is 1. The molecule has 4 rings (SSSR count). The van der Waals surface area contributed by atoms with Crippen LogP contribution in [0.3, 0.4) is 0 Å². The topological polar surface area (TPSA) is 105 Å². The molecule has 0 aliphatic heterocycles.